The SMILES string of the molecule is CCCCC(=O)N[C@@H](C(=O)N[C@@H](CCCN=C(N)N)C(=O)NCC)[C@@H](C)O. The number of aliphatic hydroxyl groups is 1. The van der Waals surface area contributed by atoms with Crippen molar-refractivity contribution < 1.29 is 19.5 Å². The molecule has 0 bridgehead atoms. The highest BCUT2D eigenvalue weighted by molar-refractivity contribution is 5.92. The molecule has 0 rings (SSSR count). The summed E-state index contributed by atoms with van der Waals surface area (Å²) in [7, 11) is 0. The molecule has 8 N–H and O–H groups in total. The first-order valence-electron chi connectivity index (χ1n) is 9.33. The normalized spacial score (nSPS) is 13.8. The summed E-state index contributed by atoms with van der Waals surface area (Å²) in [5.74, 6) is -1.33. The van der Waals surface area contributed by atoms with E-state index in [1.165, 1.54) is 6.92 Å². The van der Waals surface area contributed by atoms with E-state index in [0.717, 1.165) is 6.42 Å². The molecule has 156 valence electrons. The van der Waals surface area contributed by atoms with E-state index >= 15 is 0 Å². The van der Waals surface area contributed by atoms with Crippen LogP contribution in [-0.4, -0.2) is 60.1 Å². The molecular formula is C17H34N6O4. The van der Waals surface area contributed by atoms with Gasteiger partial charge in [0.1, 0.15) is 12.1 Å². The van der Waals surface area contributed by atoms with Gasteiger partial charge in [-0.05, 0) is 33.1 Å². The Morgan fingerprint density at radius 1 is 1.07 bits per heavy atom. The van der Waals surface area contributed by atoms with Gasteiger partial charge >= 0.3 is 0 Å². The fourth-order valence-electron chi connectivity index (χ4n) is 2.32. The molecule has 0 spiro atoms. The number of unbranched alkanes of at least 4 members (excludes halogenated alkanes) is 1. The van der Waals surface area contributed by atoms with E-state index in [1.807, 2.05) is 6.92 Å². The predicted molar refractivity (Wildman–Crippen MR) is 104 cm³/mol. The van der Waals surface area contributed by atoms with Crippen molar-refractivity contribution in [2.24, 2.45) is 16.5 Å². The molecule has 10 nitrogen and oxygen atoms in total. The third kappa shape index (κ3) is 11.1. The van der Waals surface area contributed by atoms with Crippen molar-refractivity contribution in [1.29, 1.82) is 0 Å². The van der Waals surface area contributed by atoms with Gasteiger partial charge in [-0.2, -0.15) is 0 Å². The largest absolute Gasteiger partial charge is 0.391 e. The number of amides is 3. The quantitative estimate of drug-likeness (QED) is 0.131. The topological polar surface area (TPSA) is 172 Å². The van der Waals surface area contributed by atoms with Crippen molar-refractivity contribution in [3.05, 3.63) is 0 Å². The Morgan fingerprint density at radius 3 is 2.26 bits per heavy atom. The molecule has 0 saturated heterocycles. The number of nitrogens with zero attached hydrogens (tertiary/aromatic N) is 1. The maximum absolute atomic E-state index is 12.5. The van der Waals surface area contributed by atoms with Crippen LogP contribution >= 0.6 is 0 Å². The fourth-order valence-corrected chi connectivity index (χ4v) is 2.32. The van der Waals surface area contributed by atoms with Crippen molar-refractivity contribution in [3.8, 4) is 0 Å². The second kappa shape index (κ2) is 13.8. The van der Waals surface area contributed by atoms with Gasteiger partial charge in [-0.25, -0.2) is 0 Å². The number of hydrogen-bond acceptors (Lipinski definition) is 5. The van der Waals surface area contributed by atoms with Crippen LogP contribution in [0.25, 0.3) is 0 Å². The molecule has 27 heavy (non-hydrogen) atoms. The summed E-state index contributed by atoms with van der Waals surface area (Å²) in [5, 5.41) is 17.6. The van der Waals surface area contributed by atoms with Crippen molar-refractivity contribution in [2.45, 2.75) is 71.1 Å². The summed E-state index contributed by atoms with van der Waals surface area (Å²) in [4.78, 5) is 40.5. The number of hydrogen-bond donors (Lipinski definition) is 6. The number of aliphatic imine (C=N–C) groups is 1. The number of likely N-dealkylation sites (N-methyl/N-ethyl adjacent to an activating group) is 1. The lowest BCUT2D eigenvalue weighted by molar-refractivity contribution is -0.134. The van der Waals surface area contributed by atoms with E-state index in [9.17, 15) is 19.5 Å². The summed E-state index contributed by atoms with van der Waals surface area (Å²) in [6.07, 6.45) is 1.48. The minimum absolute atomic E-state index is 0.0439. The maximum atomic E-state index is 12.5. The molecule has 3 amide bonds. The summed E-state index contributed by atoms with van der Waals surface area (Å²) in [5.41, 5.74) is 10.5. The highest BCUT2D eigenvalue weighted by atomic mass is 16.3. The van der Waals surface area contributed by atoms with Crippen molar-refractivity contribution in [2.75, 3.05) is 13.1 Å². The Morgan fingerprint density at radius 2 is 1.74 bits per heavy atom. The highest BCUT2D eigenvalue weighted by Gasteiger charge is 2.29. The molecule has 0 aliphatic rings. The van der Waals surface area contributed by atoms with E-state index < -0.39 is 24.1 Å². The Kier molecular flexibility index (Phi) is 12.6. The minimum Gasteiger partial charge on any atom is -0.391 e. The molecule has 0 aliphatic carbocycles. The summed E-state index contributed by atoms with van der Waals surface area (Å²) < 4.78 is 0. The van der Waals surface area contributed by atoms with Gasteiger partial charge in [-0.15, -0.1) is 0 Å². The number of carbonyl (C=O) groups excluding carboxylic acids is 3. The molecular weight excluding hydrogens is 352 g/mol. The zero-order valence-corrected chi connectivity index (χ0v) is 16.5. The molecule has 0 radical (unpaired) electrons. The first-order chi connectivity index (χ1) is 12.7. The minimum atomic E-state index is -1.14. The van der Waals surface area contributed by atoms with Gasteiger partial charge in [-0.1, -0.05) is 13.3 Å². The summed E-state index contributed by atoms with van der Waals surface area (Å²) in [6, 6.07) is -1.95. The van der Waals surface area contributed by atoms with E-state index in [-0.39, 0.29) is 24.2 Å². The lowest BCUT2D eigenvalue weighted by atomic mass is 10.1. The third-order valence-corrected chi connectivity index (χ3v) is 3.77. The first kappa shape index (κ1) is 24.6. The van der Waals surface area contributed by atoms with Gasteiger partial charge in [0.05, 0.1) is 6.10 Å². The molecule has 0 aliphatic heterocycles. The van der Waals surface area contributed by atoms with Crippen LogP contribution in [0.5, 0.6) is 0 Å². The van der Waals surface area contributed by atoms with Gasteiger partial charge in [0.25, 0.3) is 0 Å². The van der Waals surface area contributed by atoms with Crippen LogP contribution in [0, 0.1) is 0 Å². The average Bonchev–Trinajstić information content (AvgIpc) is 2.59. The molecule has 0 fully saturated rings. The molecule has 0 aromatic carbocycles. The van der Waals surface area contributed by atoms with Crippen LogP contribution in [0.15, 0.2) is 4.99 Å². The number of carbonyl (C=O) groups is 3. The molecule has 3 atom stereocenters. The Labute approximate surface area is 160 Å². The third-order valence-electron chi connectivity index (χ3n) is 3.77. The maximum Gasteiger partial charge on any atom is 0.245 e. The summed E-state index contributed by atoms with van der Waals surface area (Å²) >= 11 is 0. The van der Waals surface area contributed by atoms with E-state index in [1.54, 1.807) is 6.92 Å². The van der Waals surface area contributed by atoms with E-state index in [2.05, 4.69) is 20.9 Å². The average molecular weight is 386 g/mol. The lowest BCUT2D eigenvalue weighted by Crippen LogP contribution is -2.57. The van der Waals surface area contributed by atoms with E-state index in [4.69, 9.17) is 11.5 Å². The summed E-state index contributed by atoms with van der Waals surface area (Å²) in [6.45, 7) is 5.85. The van der Waals surface area contributed by atoms with Gasteiger partial charge in [0.2, 0.25) is 17.7 Å². The van der Waals surface area contributed by atoms with Gasteiger partial charge in [0, 0.05) is 19.5 Å². The van der Waals surface area contributed by atoms with E-state index in [0.29, 0.717) is 32.4 Å². The van der Waals surface area contributed by atoms with Gasteiger partial charge in [0.15, 0.2) is 5.96 Å². The van der Waals surface area contributed by atoms with Gasteiger partial charge in [-0.3, -0.25) is 19.4 Å². The second-order valence-electron chi connectivity index (χ2n) is 6.29. The van der Waals surface area contributed by atoms with Crippen LogP contribution in [0.1, 0.15) is 52.9 Å². The van der Waals surface area contributed by atoms with Gasteiger partial charge < -0.3 is 32.5 Å². The number of rotatable bonds is 13. The van der Waals surface area contributed by atoms with Crippen molar-refractivity contribution >= 4 is 23.7 Å². The lowest BCUT2D eigenvalue weighted by Gasteiger charge is -2.24. The van der Waals surface area contributed by atoms with Crippen molar-refractivity contribution in [1.82, 2.24) is 16.0 Å². The van der Waals surface area contributed by atoms with Crippen LogP contribution in [0.2, 0.25) is 0 Å². The second-order valence-corrected chi connectivity index (χ2v) is 6.29. The molecule has 0 saturated carbocycles. The monoisotopic (exact) mass is 386 g/mol. The molecule has 0 unspecified atom stereocenters. The molecule has 0 aromatic heterocycles. The zero-order valence-electron chi connectivity index (χ0n) is 16.5. The number of nitrogens with two attached hydrogens (primary N) is 2. The first-order valence-corrected chi connectivity index (χ1v) is 9.33. The smallest absolute Gasteiger partial charge is 0.245 e. The molecule has 0 heterocycles. The highest BCUT2D eigenvalue weighted by Crippen LogP contribution is 2.03. The standard InChI is InChI=1S/C17H34N6O4/c1-4-6-9-13(25)23-14(11(3)24)16(27)22-12(15(26)20-5-2)8-7-10-21-17(18)19/h11-12,14,24H,4-10H2,1-3H3,(H,20,26)(H,22,27)(H,23,25)(H4,18,19,21)/t11-,12+,14-/m1/s1. The Balaban J connectivity index is 4.94. The predicted octanol–water partition coefficient (Wildman–Crippen LogP) is -1.28. The molecule has 10 heteroatoms. The Bertz CT molecular complexity index is 506. The van der Waals surface area contributed by atoms with Crippen molar-refractivity contribution in [3.63, 3.8) is 0 Å². The number of nitrogens with one attached hydrogen (secondary N) is 3. The number of guanidine groups is 1. The molecule has 0 aromatic rings. The zero-order chi connectivity index (χ0) is 20.8. The van der Waals surface area contributed by atoms with Crippen LogP contribution in [0.4, 0.5) is 0 Å². The number of aliphatic hydroxyl groups excluding tert-OH is 1. The van der Waals surface area contributed by atoms with Crippen LogP contribution < -0.4 is 27.4 Å². The van der Waals surface area contributed by atoms with Crippen LogP contribution in [0.3, 0.4) is 0 Å². The van der Waals surface area contributed by atoms with Crippen LogP contribution in [-0.2, 0) is 14.4 Å². The fraction of sp³-hybridized carbons (Fsp3) is 0.765. The Hall–Kier alpha value is -2.36.